The standard InChI is InChI=1S/C16H27N5O/c1-12-17-15(20-19-12)11-13-7-9-21(10-8-13)16(22)18-14-5-3-2-4-6-14/h13-14H,2-11H2,1H3,(H,18,22)(H,17,19,20). The van der Waals surface area contributed by atoms with Crippen LogP contribution < -0.4 is 5.32 Å². The molecular formula is C16H27N5O. The first-order chi connectivity index (χ1) is 10.7. The molecule has 6 nitrogen and oxygen atoms in total. The van der Waals surface area contributed by atoms with Crippen LogP contribution in [0.25, 0.3) is 0 Å². The second kappa shape index (κ2) is 7.11. The Bertz CT molecular complexity index is 486. The third-order valence-corrected chi connectivity index (χ3v) is 4.95. The van der Waals surface area contributed by atoms with Crippen LogP contribution in [0.1, 0.15) is 56.6 Å². The van der Waals surface area contributed by atoms with E-state index in [0.29, 0.717) is 12.0 Å². The lowest BCUT2D eigenvalue weighted by Crippen LogP contribution is -2.48. The quantitative estimate of drug-likeness (QED) is 0.900. The number of H-pyrrole nitrogens is 1. The van der Waals surface area contributed by atoms with Gasteiger partial charge in [0.05, 0.1) is 0 Å². The van der Waals surface area contributed by atoms with Crippen LogP contribution in [0.2, 0.25) is 0 Å². The number of rotatable bonds is 3. The summed E-state index contributed by atoms with van der Waals surface area (Å²) in [6, 6.07) is 0.536. The molecule has 2 aliphatic rings. The van der Waals surface area contributed by atoms with Gasteiger partial charge in [-0.15, -0.1) is 0 Å². The zero-order valence-corrected chi connectivity index (χ0v) is 13.5. The molecule has 3 rings (SSSR count). The molecule has 1 aliphatic carbocycles. The van der Waals surface area contributed by atoms with Gasteiger partial charge in [0.25, 0.3) is 0 Å². The van der Waals surface area contributed by atoms with Crippen LogP contribution in [-0.4, -0.2) is 45.2 Å². The third-order valence-electron chi connectivity index (χ3n) is 4.95. The van der Waals surface area contributed by atoms with Crippen molar-refractivity contribution in [2.24, 2.45) is 5.92 Å². The van der Waals surface area contributed by atoms with Gasteiger partial charge >= 0.3 is 6.03 Å². The van der Waals surface area contributed by atoms with E-state index in [2.05, 4.69) is 20.5 Å². The van der Waals surface area contributed by atoms with Gasteiger partial charge in [0.2, 0.25) is 0 Å². The SMILES string of the molecule is Cc1nc(CC2CCN(C(=O)NC3CCCCC3)CC2)n[nH]1. The maximum atomic E-state index is 12.3. The zero-order valence-electron chi connectivity index (χ0n) is 13.5. The van der Waals surface area contributed by atoms with E-state index in [1.807, 2.05) is 11.8 Å². The Morgan fingerprint density at radius 2 is 1.95 bits per heavy atom. The molecule has 122 valence electrons. The molecule has 22 heavy (non-hydrogen) atoms. The Labute approximate surface area is 132 Å². The first-order valence-corrected chi connectivity index (χ1v) is 8.64. The number of likely N-dealkylation sites (tertiary alicyclic amines) is 1. The van der Waals surface area contributed by atoms with E-state index in [1.54, 1.807) is 0 Å². The van der Waals surface area contributed by atoms with Gasteiger partial charge in [-0.25, -0.2) is 9.78 Å². The molecule has 0 radical (unpaired) electrons. The summed E-state index contributed by atoms with van der Waals surface area (Å²) in [5, 5.41) is 10.3. The van der Waals surface area contributed by atoms with Crippen molar-refractivity contribution in [1.82, 2.24) is 25.4 Å². The van der Waals surface area contributed by atoms with Crippen LogP contribution in [0.3, 0.4) is 0 Å². The molecular weight excluding hydrogens is 278 g/mol. The highest BCUT2D eigenvalue weighted by Crippen LogP contribution is 2.21. The molecule has 2 N–H and O–H groups in total. The fraction of sp³-hybridized carbons (Fsp3) is 0.812. The third kappa shape index (κ3) is 3.99. The topological polar surface area (TPSA) is 73.9 Å². The number of hydrogen-bond acceptors (Lipinski definition) is 3. The maximum Gasteiger partial charge on any atom is 0.317 e. The zero-order chi connectivity index (χ0) is 15.4. The van der Waals surface area contributed by atoms with E-state index >= 15 is 0 Å². The number of aromatic nitrogens is 3. The number of carbonyl (C=O) groups is 1. The summed E-state index contributed by atoms with van der Waals surface area (Å²) in [6.45, 7) is 3.63. The predicted octanol–water partition coefficient (Wildman–Crippen LogP) is 2.41. The molecule has 2 fully saturated rings. The second-order valence-electron chi connectivity index (χ2n) is 6.76. The average molecular weight is 305 g/mol. The molecule has 1 aromatic rings. The van der Waals surface area contributed by atoms with Crippen LogP contribution in [0.5, 0.6) is 0 Å². The van der Waals surface area contributed by atoms with Crippen molar-refractivity contribution < 1.29 is 4.79 Å². The number of piperidine rings is 1. The molecule has 2 amide bonds. The number of nitrogens with zero attached hydrogens (tertiary/aromatic N) is 3. The number of carbonyl (C=O) groups excluding carboxylic acids is 1. The van der Waals surface area contributed by atoms with E-state index in [1.165, 1.54) is 19.3 Å². The summed E-state index contributed by atoms with van der Waals surface area (Å²) in [5.74, 6) is 2.37. The molecule has 0 spiro atoms. The van der Waals surface area contributed by atoms with Crippen molar-refractivity contribution in [2.75, 3.05) is 13.1 Å². The van der Waals surface area contributed by atoms with Gasteiger partial charge in [-0.3, -0.25) is 5.10 Å². The summed E-state index contributed by atoms with van der Waals surface area (Å²) in [5.41, 5.74) is 0. The molecule has 1 aliphatic heterocycles. The minimum atomic E-state index is 0.138. The monoisotopic (exact) mass is 305 g/mol. The number of urea groups is 1. The predicted molar refractivity (Wildman–Crippen MR) is 84.5 cm³/mol. The van der Waals surface area contributed by atoms with Crippen LogP contribution in [-0.2, 0) is 6.42 Å². The van der Waals surface area contributed by atoms with E-state index < -0.39 is 0 Å². The molecule has 0 bridgehead atoms. The molecule has 1 saturated carbocycles. The van der Waals surface area contributed by atoms with Gasteiger partial charge in [0.15, 0.2) is 5.82 Å². The molecule has 1 saturated heterocycles. The van der Waals surface area contributed by atoms with Crippen LogP contribution in [0.4, 0.5) is 4.79 Å². The molecule has 6 heteroatoms. The van der Waals surface area contributed by atoms with Crippen LogP contribution >= 0.6 is 0 Å². The van der Waals surface area contributed by atoms with Crippen molar-refractivity contribution in [3.8, 4) is 0 Å². The highest BCUT2D eigenvalue weighted by Gasteiger charge is 2.25. The summed E-state index contributed by atoms with van der Waals surface area (Å²) in [7, 11) is 0. The number of aromatic amines is 1. The van der Waals surface area contributed by atoms with Crippen LogP contribution in [0, 0.1) is 12.8 Å². The van der Waals surface area contributed by atoms with Gasteiger partial charge < -0.3 is 10.2 Å². The average Bonchev–Trinajstić information content (AvgIpc) is 2.94. The van der Waals surface area contributed by atoms with Crippen molar-refractivity contribution in [3.63, 3.8) is 0 Å². The van der Waals surface area contributed by atoms with E-state index in [0.717, 1.165) is 56.8 Å². The van der Waals surface area contributed by atoms with Gasteiger partial charge in [-0.1, -0.05) is 19.3 Å². The summed E-state index contributed by atoms with van der Waals surface area (Å²) >= 11 is 0. The Morgan fingerprint density at radius 3 is 2.59 bits per heavy atom. The lowest BCUT2D eigenvalue weighted by atomic mass is 9.93. The largest absolute Gasteiger partial charge is 0.335 e. The smallest absolute Gasteiger partial charge is 0.317 e. The Kier molecular flexibility index (Phi) is 4.95. The first kappa shape index (κ1) is 15.3. The highest BCUT2D eigenvalue weighted by atomic mass is 16.2. The van der Waals surface area contributed by atoms with E-state index in [9.17, 15) is 4.79 Å². The normalized spacial score (nSPS) is 21.0. The lowest BCUT2D eigenvalue weighted by Gasteiger charge is -2.33. The van der Waals surface area contributed by atoms with Gasteiger partial charge in [-0.2, -0.15) is 5.10 Å². The van der Waals surface area contributed by atoms with Gasteiger partial charge in [0.1, 0.15) is 5.82 Å². The Hall–Kier alpha value is -1.59. The van der Waals surface area contributed by atoms with Gasteiger partial charge in [0, 0.05) is 25.6 Å². The fourth-order valence-corrected chi connectivity index (χ4v) is 3.59. The number of amides is 2. The minimum absolute atomic E-state index is 0.138. The number of hydrogen-bond donors (Lipinski definition) is 2. The lowest BCUT2D eigenvalue weighted by molar-refractivity contribution is 0.164. The van der Waals surface area contributed by atoms with Crippen LogP contribution in [0.15, 0.2) is 0 Å². The van der Waals surface area contributed by atoms with Crippen molar-refractivity contribution >= 4 is 6.03 Å². The number of aryl methyl sites for hydroxylation is 1. The summed E-state index contributed by atoms with van der Waals surface area (Å²) < 4.78 is 0. The van der Waals surface area contributed by atoms with E-state index in [4.69, 9.17) is 0 Å². The minimum Gasteiger partial charge on any atom is -0.335 e. The first-order valence-electron chi connectivity index (χ1n) is 8.64. The highest BCUT2D eigenvalue weighted by molar-refractivity contribution is 5.74. The second-order valence-corrected chi connectivity index (χ2v) is 6.76. The van der Waals surface area contributed by atoms with Crippen molar-refractivity contribution in [2.45, 2.75) is 64.3 Å². The molecule has 2 heterocycles. The molecule has 0 atom stereocenters. The summed E-state index contributed by atoms with van der Waals surface area (Å²) in [4.78, 5) is 18.7. The molecule has 0 aromatic carbocycles. The van der Waals surface area contributed by atoms with Gasteiger partial charge in [-0.05, 0) is 38.5 Å². The fourth-order valence-electron chi connectivity index (χ4n) is 3.59. The van der Waals surface area contributed by atoms with Crippen molar-refractivity contribution in [1.29, 1.82) is 0 Å². The number of nitrogens with one attached hydrogen (secondary N) is 2. The maximum absolute atomic E-state index is 12.3. The molecule has 0 unspecified atom stereocenters. The Balaban J connectivity index is 1.41. The van der Waals surface area contributed by atoms with E-state index in [-0.39, 0.29) is 6.03 Å². The van der Waals surface area contributed by atoms with Crippen molar-refractivity contribution in [3.05, 3.63) is 11.6 Å². The summed E-state index contributed by atoms with van der Waals surface area (Å²) in [6.07, 6.45) is 9.13. The molecule has 1 aromatic heterocycles. The Morgan fingerprint density at radius 1 is 1.23 bits per heavy atom.